The summed E-state index contributed by atoms with van der Waals surface area (Å²) in [5.41, 5.74) is -0.854. The van der Waals surface area contributed by atoms with E-state index in [4.69, 9.17) is 14.2 Å². The van der Waals surface area contributed by atoms with Crippen LogP contribution in [0.1, 0.15) is 5.56 Å². The highest BCUT2D eigenvalue weighted by Crippen LogP contribution is 2.31. The summed E-state index contributed by atoms with van der Waals surface area (Å²) in [6.45, 7) is -0.528. The topological polar surface area (TPSA) is 44.8 Å². The molecule has 0 aliphatic carbocycles. The summed E-state index contributed by atoms with van der Waals surface area (Å²) in [7, 11) is 1.42. The molecular formula is C16H13F3O4. The fourth-order valence-electron chi connectivity index (χ4n) is 1.76. The van der Waals surface area contributed by atoms with E-state index in [0.29, 0.717) is 5.75 Å². The number of methoxy groups -OCH3 is 1. The van der Waals surface area contributed by atoms with E-state index in [9.17, 15) is 18.0 Å². The van der Waals surface area contributed by atoms with Crippen LogP contribution in [0.3, 0.4) is 0 Å². The van der Waals surface area contributed by atoms with Gasteiger partial charge in [0.2, 0.25) is 0 Å². The number of ether oxygens (including phenoxy) is 3. The minimum atomic E-state index is -4.47. The van der Waals surface area contributed by atoms with Crippen LogP contribution in [0.15, 0.2) is 48.5 Å². The predicted octanol–water partition coefficient (Wildman–Crippen LogP) is 3.70. The average Bonchev–Trinajstić information content (AvgIpc) is 2.53. The first kappa shape index (κ1) is 16.7. The van der Waals surface area contributed by atoms with Gasteiger partial charge in [-0.05, 0) is 30.3 Å². The van der Waals surface area contributed by atoms with Crippen LogP contribution in [-0.2, 0) is 11.0 Å². The number of hydrogen-bond acceptors (Lipinski definition) is 4. The summed E-state index contributed by atoms with van der Waals surface area (Å²) in [4.78, 5) is 11.7. The number of carbonyl (C=O) groups excluding carboxylic acids is 1. The Morgan fingerprint density at radius 2 is 1.74 bits per heavy atom. The quantitative estimate of drug-likeness (QED) is 0.621. The van der Waals surface area contributed by atoms with Crippen LogP contribution in [-0.4, -0.2) is 19.7 Å². The molecule has 2 aromatic carbocycles. The number of esters is 1. The largest absolute Gasteiger partial charge is 0.493 e. The zero-order chi connectivity index (χ0) is 16.9. The highest BCUT2D eigenvalue weighted by atomic mass is 19.4. The standard InChI is InChI=1S/C16H13F3O4/c1-21-13-7-2-3-8-14(13)23-15(20)10-22-12-6-4-5-11(9-12)16(17,18)19/h2-9H,10H2,1H3. The van der Waals surface area contributed by atoms with Gasteiger partial charge in [-0.2, -0.15) is 13.2 Å². The van der Waals surface area contributed by atoms with E-state index in [1.54, 1.807) is 18.2 Å². The monoisotopic (exact) mass is 326 g/mol. The van der Waals surface area contributed by atoms with E-state index in [1.807, 2.05) is 0 Å². The maximum Gasteiger partial charge on any atom is 0.416 e. The predicted molar refractivity (Wildman–Crippen MR) is 75.6 cm³/mol. The molecule has 0 saturated heterocycles. The van der Waals surface area contributed by atoms with E-state index in [2.05, 4.69) is 0 Å². The molecule has 0 atom stereocenters. The van der Waals surface area contributed by atoms with E-state index in [0.717, 1.165) is 12.1 Å². The second-order valence-electron chi connectivity index (χ2n) is 4.44. The van der Waals surface area contributed by atoms with Crippen molar-refractivity contribution < 1.29 is 32.2 Å². The van der Waals surface area contributed by atoms with Gasteiger partial charge in [0.15, 0.2) is 18.1 Å². The van der Waals surface area contributed by atoms with Crippen molar-refractivity contribution >= 4 is 5.97 Å². The Balaban J connectivity index is 1.97. The van der Waals surface area contributed by atoms with Gasteiger partial charge in [-0.25, -0.2) is 4.79 Å². The van der Waals surface area contributed by atoms with Gasteiger partial charge in [0, 0.05) is 0 Å². The normalized spacial score (nSPS) is 11.0. The summed E-state index contributed by atoms with van der Waals surface area (Å²) < 4.78 is 52.8. The summed E-state index contributed by atoms with van der Waals surface area (Å²) in [5.74, 6) is -0.267. The smallest absolute Gasteiger partial charge is 0.416 e. The number of halogens is 3. The summed E-state index contributed by atoms with van der Waals surface area (Å²) in [6, 6.07) is 10.7. The van der Waals surface area contributed by atoms with Crippen molar-refractivity contribution in [3.8, 4) is 17.2 Å². The van der Waals surface area contributed by atoms with Gasteiger partial charge in [-0.3, -0.25) is 0 Å². The fraction of sp³-hybridized carbons (Fsp3) is 0.188. The molecule has 0 aliphatic rings. The molecule has 0 fully saturated rings. The first-order chi connectivity index (χ1) is 10.9. The first-order valence-electron chi connectivity index (χ1n) is 6.54. The summed E-state index contributed by atoms with van der Waals surface area (Å²) in [6.07, 6.45) is -4.47. The third-order valence-corrected chi connectivity index (χ3v) is 2.81. The zero-order valence-corrected chi connectivity index (χ0v) is 12.1. The van der Waals surface area contributed by atoms with E-state index < -0.39 is 24.3 Å². The Morgan fingerprint density at radius 1 is 1.04 bits per heavy atom. The minimum absolute atomic E-state index is 0.0724. The molecule has 23 heavy (non-hydrogen) atoms. The molecule has 0 aromatic heterocycles. The van der Waals surface area contributed by atoms with Gasteiger partial charge in [0.1, 0.15) is 5.75 Å². The molecule has 0 bridgehead atoms. The van der Waals surface area contributed by atoms with Gasteiger partial charge in [-0.1, -0.05) is 18.2 Å². The molecule has 0 saturated carbocycles. The van der Waals surface area contributed by atoms with Crippen molar-refractivity contribution in [3.63, 3.8) is 0 Å². The minimum Gasteiger partial charge on any atom is -0.493 e. The molecule has 0 radical (unpaired) electrons. The maximum absolute atomic E-state index is 12.6. The Bertz CT molecular complexity index is 683. The van der Waals surface area contributed by atoms with Crippen molar-refractivity contribution in [1.29, 1.82) is 0 Å². The van der Waals surface area contributed by atoms with Gasteiger partial charge in [0.05, 0.1) is 12.7 Å². The Morgan fingerprint density at radius 3 is 2.39 bits per heavy atom. The third-order valence-electron chi connectivity index (χ3n) is 2.81. The molecule has 2 aromatic rings. The number of para-hydroxylation sites is 2. The number of carbonyl (C=O) groups is 1. The number of alkyl halides is 3. The molecule has 0 heterocycles. The van der Waals surface area contributed by atoms with Crippen molar-refractivity contribution in [2.75, 3.05) is 13.7 Å². The highest BCUT2D eigenvalue weighted by molar-refractivity contribution is 5.74. The molecule has 7 heteroatoms. The van der Waals surface area contributed by atoms with Crippen molar-refractivity contribution in [2.45, 2.75) is 6.18 Å². The lowest BCUT2D eigenvalue weighted by atomic mass is 10.2. The van der Waals surface area contributed by atoms with Gasteiger partial charge >= 0.3 is 12.1 Å². The molecule has 4 nitrogen and oxygen atoms in total. The van der Waals surface area contributed by atoms with Crippen LogP contribution >= 0.6 is 0 Å². The van der Waals surface area contributed by atoms with E-state index in [1.165, 1.54) is 25.3 Å². The van der Waals surface area contributed by atoms with Gasteiger partial charge < -0.3 is 14.2 Å². The lowest BCUT2D eigenvalue weighted by molar-refractivity contribution is -0.137. The average molecular weight is 326 g/mol. The van der Waals surface area contributed by atoms with Crippen molar-refractivity contribution in [2.24, 2.45) is 0 Å². The van der Waals surface area contributed by atoms with Crippen LogP contribution in [0.25, 0.3) is 0 Å². The maximum atomic E-state index is 12.6. The van der Waals surface area contributed by atoms with Crippen LogP contribution in [0.4, 0.5) is 13.2 Å². The third kappa shape index (κ3) is 4.64. The zero-order valence-electron chi connectivity index (χ0n) is 12.1. The lowest BCUT2D eigenvalue weighted by Crippen LogP contribution is -2.18. The van der Waals surface area contributed by atoms with Crippen molar-refractivity contribution in [3.05, 3.63) is 54.1 Å². The molecule has 2 rings (SSSR count). The Labute approximate surface area is 130 Å². The molecule has 0 spiro atoms. The second-order valence-corrected chi connectivity index (χ2v) is 4.44. The number of benzene rings is 2. The number of rotatable bonds is 5. The molecular weight excluding hydrogens is 313 g/mol. The van der Waals surface area contributed by atoms with E-state index in [-0.39, 0.29) is 11.5 Å². The van der Waals surface area contributed by atoms with Crippen LogP contribution < -0.4 is 14.2 Å². The first-order valence-corrected chi connectivity index (χ1v) is 6.54. The molecule has 0 aliphatic heterocycles. The van der Waals surface area contributed by atoms with Crippen LogP contribution in [0.2, 0.25) is 0 Å². The molecule has 122 valence electrons. The Kier molecular flexibility index (Phi) is 5.10. The summed E-state index contributed by atoms with van der Waals surface area (Å²) in [5, 5.41) is 0. The van der Waals surface area contributed by atoms with Crippen LogP contribution in [0.5, 0.6) is 17.2 Å². The number of hydrogen-bond donors (Lipinski definition) is 0. The molecule has 0 N–H and O–H groups in total. The molecule has 0 amide bonds. The Hall–Kier alpha value is -2.70. The van der Waals surface area contributed by atoms with Crippen molar-refractivity contribution in [1.82, 2.24) is 0 Å². The second kappa shape index (κ2) is 7.04. The van der Waals surface area contributed by atoms with Gasteiger partial charge in [0.25, 0.3) is 0 Å². The summed E-state index contributed by atoms with van der Waals surface area (Å²) >= 11 is 0. The van der Waals surface area contributed by atoms with E-state index >= 15 is 0 Å². The fourth-order valence-corrected chi connectivity index (χ4v) is 1.76. The van der Waals surface area contributed by atoms with Crippen LogP contribution in [0, 0.1) is 0 Å². The molecule has 0 unspecified atom stereocenters. The highest BCUT2D eigenvalue weighted by Gasteiger charge is 2.30. The van der Waals surface area contributed by atoms with Gasteiger partial charge in [-0.15, -0.1) is 0 Å². The SMILES string of the molecule is COc1ccccc1OC(=O)COc1cccc(C(F)(F)F)c1. The lowest BCUT2D eigenvalue weighted by Gasteiger charge is -2.11.